The van der Waals surface area contributed by atoms with Crippen LogP contribution in [0.5, 0.6) is 0 Å². The summed E-state index contributed by atoms with van der Waals surface area (Å²) >= 11 is 0. The number of nitrogens with one attached hydrogen (secondary N) is 1. The molecule has 1 aliphatic heterocycles. The molecule has 0 bridgehead atoms. The number of nitrogens with zero attached hydrogens (tertiary/aromatic N) is 5. The molecule has 3 heterocycles. The van der Waals surface area contributed by atoms with Crippen LogP contribution in [0.1, 0.15) is 37.7 Å². The van der Waals surface area contributed by atoms with Crippen molar-refractivity contribution in [1.29, 1.82) is 0 Å². The summed E-state index contributed by atoms with van der Waals surface area (Å²) in [5.74, 6) is 1.04. The lowest BCUT2D eigenvalue weighted by Crippen LogP contribution is -2.35. The Bertz CT molecular complexity index is 909. The highest BCUT2D eigenvalue weighted by molar-refractivity contribution is 5.79. The minimum absolute atomic E-state index is 0.0200. The van der Waals surface area contributed by atoms with Crippen LogP contribution in [0.3, 0.4) is 0 Å². The SMILES string of the molecule is CC(C)n1cnc2ccc(CNC(=O)[C@H]3CCc4nncn4C3)cc21. The molecular formula is C18H22N6O. The first-order chi connectivity index (χ1) is 12.1. The monoisotopic (exact) mass is 338 g/mol. The van der Waals surface area contributed by atoms with Gasteiger partial charge in [0.15, 0.2) is 0 Å². The number of hydrogen-bond donors (Lipinski definition) is 1. The summed E-state index contributed by atoms with van der Waals surface area (Å²) in [5.41, 5.74) is 3.17. The molecule has 25 heavy (non-hydrogen) atoms. The van der Waals surface area contributed by atoms with Gasteiger partial charge in [-0.25, -0.2) is 4.98 Å². The standard InChI is InChI=1S/C18H22N6O/c1-12(2)24-10-20-15-5-3-13(7-16(15)24)8-19-18(25)14-4-6-17-22-21-11-23(17)9-14/h3,5,7,10-12,14H,4,6,8-9H2,1-2H3,(H,19,25)/t14-/m0/s1. The number of carbonyl (C=O) groups is 1. The van der Waals surface area contributed by atoms with E-state index in [1.807, 2.05) is 23.0 Å². The highest BCUT2D eigenvalue weighted by Crippen LogP contribution is 2.20. The summed E-state index contributed by atoms with van der Waals surface area (Å²) in [5, 5.41) is 11.0. The van der Waals surface area contributed by atoms with Crippen LogP contribution in [-0.4, -0.2) is 30.2 Å². The Balaban J connectivity index is 1.43. The fourth-order valence-electron chi connectivity index (χ4n) is 3.40. The third-order valence-electron chi connectivity index (χ3n) is 4.86. The second kappa shape index (κ2) is 6.31. The lowest BCUT2D eigenvalue weighted by atomic mass is 9.98. The van der Waals surface area contributed by atoms with Crippen molar-refractivity contribution in [3.63, 3.8) is 0 Å². The molecule has 0 fully saturated rings. The molecule has 130 valence electrons. The number of benzene rings is 1. The molecule has 0 spiro atoms. The van der Waals surface area contributed by atoms with Gasteiger partial charge in [0.05, 0.1) is 23.3 Å². The number of aryl methyl sites for hydroxylation is 1. The minimum atomic E-state index is -0.0200. The number of aromatic nitrogens is 5. The highest BCUT2D eigenvalue weighted by Gasteiger charge is 2.25. The summed E-state index contributed by atoms with van der Waals surface area (Å²) in [7, 11) is 0. The van der Waals surface area contributed by atoms with E-state index in [2.05, 4.69) is 45.0 Å². The lowest BCUT2D eigenvalue weighted by molar-refractivity contribution is -0.126. The second-order valence-electron chi connectivity index (χ2n) is 6.92. The average molecular weight is 338 g/mol. The Morgan fingerprint density at radius 2 is 2.24 bits per heavy atom. The zero-order valence-corrected chi connectivity index (χ0v) is 14.5. The molecule has 2 aromatic heterocycles. The highest BCUT2D eigenvalue weighted by atomic mass is 16.1. The number of rotatable bonds is 4. The van der Waals surface area contributed by atoms with Crippen LogP contribution < -0.4 is 5.32 Å². The maximum Gasteiger partial charge on any atom is 0.225 e. The Morgan fingerprint density at radius 3 is 3.08 bits per heavy atom. The van der Waals surface area contributed by atoms with E-state index >= 15 is 0 Å². The van der Waals surface area contributed by atoms with Gasteiger partial charge in [-0.05, 0) is 38.0 Å². The fraction of sp³-hybridized carbons (Fsp3) is 0.444. The van der Waals surface area contributed by atoms with Crippen LogP contribution in [-0.2, 0) is 24.3 Å². The van der Waals surface area contributed by atoms with Gasteiger partial charge in [-0.3, -0.25) is 4.79 Å². The predicted molar refractivity (Wildman–Crippen MR) is 93.8 cm³/mol. The molecule has 1 amide bonds. The van der Waals surface area contributed by atoms with E-state index in [0.717, 1.165) is 35.3 Å². The number of imidazole rings is 1. The molecule has 0 saturated carbocycles. The first kappa shape index (κ1) is 15.8. The van der Waals surface area contributed by atoms with Crippen molar-refractivity contribution < 1.29 is 4.79 Å². The van der Waals surface area contributed by atoms with Gasteiger partial charge in [-0.15, -0.1) is 10.2 Å². The Morgan fingerprint density at radius 1 is 1.36 bits per heavy atom. The molecule has 0 aliphatic carbocycles. The Labute approximate surface area is 146 Å². The van der Waals surface area contributed by atoms with Crippen molar-refractivity contribution >= 4 is 16.9 Å². The van der Waals surface area contributed by atoms with Crippen molar-refractivity contribution in [3.05, 3.63) is 42.2 Å². The first-order valence-corrected chi connectivity index (χ1v) is 8.71. The maximum atomic E-state index is 12.5. The average Bonchev–Trinajstić information content (AvgIpc) is 3.24. The van der Waals surface area contributed by atoms with E-state index in [-0.39, 0.29) is 11.8 Å². The van der Waals surface area contributed by atoms with Crippen LogP contribution in [0.4, 0.5) is 0 Å². The maximum absolute atomic E-state index is 12.5. The van der Waals surface area contributed by atoms with Crippen molar-refractivity contribution in [3.8, 4) is 0 Å². The van der Waals surface area contributed by atoms with Crippen LogP contribution in [0.25, 0.3) is 11.0 Å². The number of carbonyl (C=O) groups excluding carboxylic acids is 1. The largest absolute Gasteiger partial charge is 0.352 e. The Hall–Kier alpha value is -2.70. The molecule has 1 aliphatic rings. The molecule has 7 heteroatoms. The molecule has 3 aromatic rings. The summed E-state index contributed by atoms with van der Waals surface area (Å²) < 4.78 is 4.12. The van der Waals surface area contributed by atoms with Crippen molar-refractivity contribution in [2.45, 2.75) is 45.8 Å². The minimum Gasteiger partial charge on any atom is -0.352 e. The van der Waals surface area contributed by atoms with Gasteiger partial charge in [0, 0.05) is 25.6 Å². The molecule has 1 atom stereocenters. The molecule has 0 unspecified atom stereocenters. The first-order valence-electron chi connectivity index (χ1n) is 8.71. The summed E-state index contributed by atoms with van der Waals surface area (Å²) in [6, 6.07) is 6.51. The van der Waals surface area contributed by atoms with Crippen LogP contribution in [0.2, 0.25) is 0 Å². The second-order valence-corrected chi connectivity index (χ2v) is 6.92. The number of hydrogen-bond acceptors (Lipinski definition) is 4. The van der Waals surface area contributed by atoms with Crippen LogP contribution in [0.15, 0.2) is 30.9 Å². The summed E-state index contributed by atoms with van der Waals surface area (Å²) in [6.07, 6.45) is 5.20. The third-order valence-corrected chi connectivity index (χ3v) is 4.86. The van der Waals surface area contributed by atoms with Gasteiger partial charge in [-0.2, -0.15) is 0 Å². The van der Waals surface area contributed by atoms with Crippen molar-refractivity contribution in [2.75, 3.05) is 0 Å². The van der Waals surface area contributed by atoms with Gasteiger partial charge in [0.2, 0.25) is 5.91 Å². The quantitative estimate of drug-likeness (QED) is 0.790. The topological polar surface area (TPSA) is 77.6 Å². The van der Waals surface area contributed by atoms with Crippen LogP contribution in [0, 0.1) is 5.92 Å². The Kier molecular flexibility index (Phi) is 3.99. The number of fused-ring (bicyclic) bond motifs is 2. The van der Waals surface area contributed by atoms with E-state index < -0.39 is 0 Å². The van der Waals surface area contributed by atoms with Gasteiger partial charge < -0.3 is 14.5 Å². The molecule has 7 nitrogen and oxygen atoms in total. The molecule has 1 aromatic carbocycles. The zero-order chi connectivity index (χ0) is 17.4. The van der Waals surface area contributed by atoms with Gasteiger partial charge >= 0.3 is 0 Å². The molecular weight excluding hydrogens is 316 g/mol. The molecule has 1 N–H and O–H groups in total. The van der Waals surface area contributed by atoms with Gasteiger partial charge in [-0.1, -0.05) is 6.07 Å². The van der Waals surface area contributed by atoms with Gasteiger partial charge in [0.1, 0.15) is 12.2 Å². The number of amides is 1. The fourth-order valence-corrected chi connectivity index (χ4v) is 3.40. The van der Waals surface area contributed by atoms with Crippen molar-refractivity contribution in [1.82, 2.24) is 29.6 Å². The molecule has 0 saturated heterocycles. The lowest BCUT2D eigenvalue weighted by Gasteiger charge is -2.22. The third kappa shape index (κ3) is 3.01. The van der Waals surface area contributed by atoms with Gasteiger partial charge in [0.25, 0.3) is 0 Å². The van der Waals surface area contributed by atoms with E-state index in [1.54, 1.807) is 6.33 Å². The summed E-state index contributed by atoms with van der Waals surface area (Å²) in [4.78, 5) is 16.9. The summed E-state index contributed by atoms with van der Waals surface area (Å²) in [6.45, 7) is 5.46. The smallest absolute Gasteiger partial charge is 0.225 e. The van der Waals surface area contributed by atoms with E-state index in [1.165, 1.54) is 0 Å². The normalized spacial score (nSPS) is 17.0. The zero-order valence-electron chi connectivity index (χ0n) is 14.5. The van der Waals surface area contributed by atoms with E-state index in [4.69, 9.17) is 0 Å². The molecule has 0 radical (unpaired) electrons. The predicted octanol–water partition coefficient (Wildman–Crippen LogP) is 2.09. The van der Waals surface area contributed by atoms with E-state index in [9.17, 15) is 4.79 Å². The van der Waals surface area contributed by atoms with E-state index in [0.29, 0.717) is 19.1 Å². The van der Waals surface area contributed by atoms with Crippen molar-refractivity contribution in [2.24, 2.45) is 5.92 Å². The molecule has 4 rings (SSSR count). The van der Waals surface area contributed by atoms with Crippen LogP contribution >= 0.6 is 0 Å².